The number of hydrogen-bond donors (Lipinski definition) is 2. The van der Waals surface area contributed by atoms with Gasteiger partial charge >= 0.3 is 18.2 Å². The van der Waals surface area contributed by atoms with Crippen LogP contribution in [0, 0.1) is 0 Å². The van der Waals surface area contributed by atoms with E-state index in [1.165, 1.54) is 7.11 Å². The van der Waals surface area contributed by atoms with Crippen LogP contribution in [-0.2, 0) is 22.1 Å². The minimum Gasteiger partial charge on any atom is -0.496 e. The van der Waals surface area contributed by atoms with Crippen molar-refractivity contribution in [2.24, 2.45) is 0 Å². The Kier molecular flexibility index (Phi) is 6.28. The molecule has 1 atom stereocenters. The van der Waals surface area contributed by atoms with Gasteiger partial charge in [-0.25, -0.2) is 9.59 Å². The summed E-state index contributed by atoms with van der Waals surface area (Å²) in [5.41, 5.74) is -1.53. The third-order valence-corrected chi connectivity index (χ3v) is 3.03. The van der Waals surface area contributed by atoms with Crippen LogP contribution < -0.4 is 10.1 Å². The van der Waals surface area contributed by atoms with Gasteiger partial charge in [0.05, 0.1) is 12.7 Å². The number of carbonyl (C=O) groups is 2. The Labute approximate surface area is 142 Å². The first-order valence-electron chi connectivity index (χ1n) is 7.30. The van der Waals surface area contributed by atoms with Crippen LogP contribution in [0.15, 0.2) is 18.2 Å². The molecule has 140 valence electrons. The molecule has 0 aliphatic heterocycles. The van der Waals surface area contributed by atoms with E-state index in [-0.39, 0.29) is 17.7 Å². The monoisotopic (exact) mass is 363 g/mol. The number of amides is 1. The highest BCUT2D eigenvalue weighted by Gasteiger charge is 2.32. The second-order valence-electron chi connectivity index (χ2n) is 6.27. The van der Waals surface area contributed by atoms with Crippen molar-refractivity contribution in [2.45, 2.75) is 45.0 Å². The molecular formula is C16H20F3NO5. The molecule has 0 saturated heterocycles. The van der Waals surface area contributed by atoms with E-state index < -0.39 is 35.4 Å². The quantitative estimate of drug-likeness (QED) is 0.839. The number of carbonyl (C=O) groups excluding carboxylic acids is 1. The number of alkyl carbamates (subject to hydrolysis) is 1. The van der Waals surface area contributed by atoms with Gasteiger partial charge in [-0.3, -0.25) is 0 Å². The summed E-state index contributed by atoms with van der Waals surface area (Å²) in [5.74, 6) is -1.47. The summed E-state index contributed by atoms with van der Waals surface area (Å²) >= 11 is 0. The highest BCUT2D eigenvalue weighted by molar-refractivity contribution is 5.80. The molecule has 0 radical (unpaired) electrons. The van der Waals surface area contributed by atoms with Gasteiger partial charge < -0.3 is 19.9 Å². The largest absolute Gasteiger partial charge is 0.496 e. The van der Waals surface area contributed by atoms with E-state index >= 15 is 0 Å². The Morgan fingerprint density at radius 3 is 2.28 bits per heavy atom. The molecule has 6 nitrogen and oxygen atoms in total. The number of alkyl halides is 3. The maximum Gasteiger partial charge on any atom is 0.416 e. The minimum atomic E-state index is -4.55. The Morgan fingerprint density at radius 2 is 1.84 bits per heavy atom. The van der Waals surface area contributed by atoms with E-state index in [9.17, 15) is 27.9 Å². The van der Waals surface area contributed by atoms with Crippen LogP contribution in [0.2, 0.25) is 0 Å². The third kappa shape index (κ3) is 6.52. The number of carboxylic acid groups (broad SMARTS) is 1. The molecule has 0 aliphatic rings. The zero-order valence-corrected chi connectivity index (χ0v) is 14.2. The number of ether oxygens (including phenoxy) is 2. The summed E-state index contributed by atoms with van der Waals surface area (Å²) in [4.78, 5) is 23.1. The Morgan fingerprint density at radius 1 is 1.24 bits per heavy atom. The lowest BCUT2D eigenvalue weighted by Crippen LogP contribution is -2.44. The number of methoxy groups -OCH3 is 1. The molecule has 1 unspecified atom stereocenters. The van der Waals surface area contributed by atoms with E-state index in [2.05, 4.69) is 5.32 Å². The molecule has 9 heteroatoms. The average Bonchev–Trinajstić information content (AvgIpc) is 2.43. The summed E-state index contributed by atoms with van der Waals surface area (Å²) in [6, 6.07) is 1.33. The van der Waals surface area contributed by atoms with Crippen LogP contribution in [-0.4, -0.2) is 35.9 Å². The van der Waals surface area contributed by atoms with Gasteiger partial charge in [-0.15, -0.1) is 0 Å². The fourth-order valence-corrected chi connectivity index (χ4v) is 1.96. The Hall–Kier alpha value is -2.45. The third-order valence-electron chi connectivity index (χ3n) is 3.03. The maximum atomic E-state index is 12.7. The molecule has 0 spiro atoms. The zero-order chi connectivity index (χ0) is 19.4. The van der Waals surface area contributed by atoms with E-state index in [4.69, 9.17) is 9.47 Å². The topological polar surface area (TPSA) is 84.9 Å². The number of halogens is 3. The predicted octanol–water partition coefficient (Wildman–Crippen LogP) is 3.23. The fourth-order valence-electron chi connectivity index (χ4n) is 1.96. The molecule has 1 aromatic carbocycles. The molecule has 1 rings (SSSR count). The molecular weight excluding hydrogens is 343 g/mol. The van der Waals surface area contributed by atoms with E-state index in [1.807, 2.05) is 0 Å². The molecule has 0 bridgehead atoms. The van der Waals surface area contributed by atoms with E-state index in [0.29, 0.717) is 0 Å². The summed E-state index contributed by atoms with van der Waals surface area (Å²) in [7, 11) is 1.18. The first-order chi connectivity index (χ1) is 11.3. The second kappa shape index (κ2) is 7.62. The van der Waals surface area contributed by atoms with Crippen LogP contribution in [0.1, 0.15) is 31.9 Å². The van der Waals surface area contributed by atoms with Crippen molar-refractivity contribution < 1.29 is 37.3 Å². The normalized spacial score (nSPS) is 13.1. The molecule has 0 heterocycles. The van der Waals surface area contributed by atoms with Gasteiger partial charge in [-0.05, 0) is 38.5 Å². The Bertz CT molecular complexity index is 638. The average molecular weight is 363 g/mol. The number of nitrogens with one attached hydrogen (secondary N) is 1. The molecule has 0 aromatic heterocycles. The van der Waals surface area contributed by atoms with Crippen LogP contribution in [0.25, 0.3) is 0 Å². The first-order valence-corrected chi connectivity index (χ1v) is 7.30. The van der Waals surface area contributed by atoms with Crippen LogP contribution >= 0.6 is 0 Å². The predicted molar refractivity (Wildman–Crippen MR) is 82.5 cm³/mol. The minimum absolute atomic E-state index is 0.118. The Balaban J connectivity index is 2.99. The lowest BCUT2D eigenvalue weighted by molar-refractivity contribution is -0.140. The number of benzene rings is 1. The van der Waals surface area contributed by atoms with E-state index in [0.717, 1.165) is 18.2 Å². The zero-order valence-electron chi connectivity index (χ0n) is 14.2. The van der Waals surface area contributed by atoms with Gasteiger partial charge in [-0.1, -0.05) is 6.07 Å². The van der Waals surface area contributed by atoms with Gasteiger partial charge in [0, 0.05) is 6.42 Å². The van der Waals surface area contributed by atoms with E-state index in [1.54, 1.807) is 20.8 Å². The van der Waals surface area contributed by atoms with Crippen molar-refractivity contribution in [3.8, 4) is 5.75 Å². The van der Waals surface area contributed by atoms with Crippen molar-refractivity contribution in [1.29, 1.82) is 0 Å². The highest BCUT2D eigenvalue weighted by Crippen LogP contribution is 2.33. The van der Waals surface area contributed by atoms with Gasteiger partial charge in [-0.2, -0.15) is 13.2 Å². The standard InChI is InChI=1S/C16H20F3NO5/c1-15(2,3)25-14(23)20-11(13(21)22)7-9-5-6-10(16(17,18)19)8-12(9)24-4/h5-6,8,11H,7H2,1-4H3,(H,20,23)(H,21,22). The summed E-state index contributed by atoms with van der Waals surface area (Å²) in [6.45, 7) is 4.84. The summed E-state index contributed by atoms with van der Waals surface area (Å²) in [6.07, 6.45) is -5.76. The number of hydrogen-bond acceptors (Lipinski definition) is 4. The molecule has 1 aromatic rings. The molecule has 0 aliphatic carbocycles. The maximum absolute atomic E-state index is 12.7. The van der Waals surface area contributed by atoms with Crippen LogP contribution in [0.4, 0.5) is 18.0 Å². The SMILES string of the molecule is COc1cc(C(F)(F)F)ccc1CC(NC(=O)OC(C)(C)C)C(=O)O. The van der Waals surface area contributed by atoms with Gasteiger partial charge in [0.25, 0.3) is 0 Å². The smallest absolute Gasteiger partial charge is 0.416 e. The van der Waals surface area contributed by atoms with Crippen molar-refractivity contribution in [1.82, 2.24) is 5.32 Å². The second-order valence-corrected chi connectivity index (χ2v) is 6.27. The van der Waals surface area contributed by atoms with Gasteiger partial charge in [0.1, 0.15) is 17.4 Å². The van der Waals surface area contributed by atoms with Gasteiger partial charge in [0.15, 0.2) is 0 Å². The number of carboxylic acids is 1. The fraction of sp³-hybridized carbons (Fsp3) is 0.500. The van der Waals surface area contributed by atoms with Gasteiger partial charge in [0.2, 0.25) is 0 Å². The van der Waals surface area contributed by atoms with Crippen molar-refractivity contribution in [3.63, 3.8) is 0 Å². The lowest BCUT2D eigenvalue weighted by Gasteiger charge is -2.22. The molecule has 2 N–H and O–H groups in total. The van der Waals surface area contributed by atoms with Crippen LogP contribution in [0.5, 0.6) is 5.75 Å². The number of rotatable bonds is 5. The number of aliphatic carboxylic acids is 1. The summed E-state index contributed by atoms with van der Waals surface area (Å²) < 4.78 is 48.1. The van der Waals surface area contributed by atoms with Crippen LogP contribution in [0.3, 0.4) is 0 Å². The molecule has 1 amide bonds. The lowest BCUT2D eigenvalue weighted by atomic mass is 10.0. The molecule has 25 heavy (non-hydrogen) atoms. The van der Waals surface area contributed by atoms with Crippen molar-refractivity contribution in [3.05, 3.63) is 29.3 Å². The van der Waals surface area contributed by atoms with Crippen molar-refractivity contribution in [2.75, 3.05) is 7.11 Å². The highest BCUT2D eigenvalue weighted by atomic mass is 19.4. The van der Waals surface area contributed by atoms with Crippen molar-refractivity contribution >= 4 is 12.1 Å². The molecule has 0 saturated carbocycles. The molecule has 0 fully saturated rings. The summed E-state index contributed by atoms with van der Waals surface area (Å²) in [5, 5.41) is 11.4. The first kappa shape index (κ1) is 20.6.